The highest BCUT2D eigenvalue weighted by molar-refractivity contribution is 6.09. The van der Waals surface area contributed by atoms with E-state index < -0.39 is 5.41 Å². The molecule has 1 spiro atoms. The van der Waals surface area contributed by atoms with Gasteiger partial charge in [-0.2, -0.15) is 0 Å². The van der Waals surface area contributed by atoms with E-state index in [1.165, 1.54) is 0 Å². The van der Waals surface area contributed by atoms with Crippen LogP contribution in [0.3, 0.4) is 0 Å². The standard InChI is InChI=1S/C16H19NO2/c1-2-11-17-14-6-4-3-5-13(14)16(15(17)19)9-7-12(18)8-10-16/h3-6H,2,7-11H2,1H3. The average molecular weight is 257 g/mol. The van der Waals surface area contributed by atoms with Crippen molar-refractivity contribution in [3.8, 4) is 0 Å². The summed E-state index contributed by atoms with van der Waals surface area (Å²) < 4.78 is 0. The van der Waals surface area contributed by atoms with Crippen LogP contribution in [0.5, 0.6) is 0 Å². The number of Topliss-reactive ketones (excluding diaryl/α,β-unsaturated/α-hetero) is 1. The maximum Gasteiger partial charge on any atom is 0.237 e. The van der Waals surface area contributed by atoms with Gasteiger partial charge >= 0.3 is 0 Å². The normalized spacial score (nSPS) is 21.0. The first-order valence-corrected chi connectivity index (χ1v) is 7.12. The molecule has 0 bridgehead atoms. The minimum atomic E-state index is -0.417. The number of ketones is 1. The Morgan fingerprint density at radius 2 is 1.84 bits per heavy atom. The molecule has 19 heavy (non-hydrogen) atoms. The molecular formula is C16H19NO2. The molecule has 3 rings (SSSR count). The Balaban J connectivity index is 2.06. The van der Waals surface area contributed by atoms with Gasteiger partial charge < -0.3 is 4.90 Å². The van der Waals surface area contributed by atoms with Crippen molar-refractivity contribution in [1.29, 1.82) is 0 Å². The second-order valence-electron chi connectivity index (χ2n) is 5.59. The molecule has 1 aromatic carbocycles. The van der Waals surface area contributed by atoms with Gasteiger partial charge in [-0.15, -0.1) is 0 Å². The number of benzene rings is 1. The summed E-state index contributed by atoms with van der Waals surface area (Å²) in [7, 11) is 0. The molecule has 100 valence electrons. The summed E-state index contributed by atoms with van der Waals surface area (Å²) in [6.45, 7) is 2.86. The Hall–Kier alpha value is -1.64. The quantitative estimate of drug-likeness (QED) is 0.817. The molecule has 1 fully saturated rings. The fourth-order valence-electron chi connectivity index (χ4n) is 3.48. The van der Waals surface area contributed by atoms with E-state index in [1.807, 2.05) is 23.1 Å². The van der Waals surface area contributed by atoms with Gasteiger partial charge in [0.25, 0.3) is 0 Å². The Bertz CT molecular complexity index is 525. The van der Waals surface area contributed by atoms with Crippen LogP contribution in [-0.4, -0.2) is 18.2 Å². The largest absolute Gasteiger partial charge is 0.311 e. The molecule has 0 atom stereocenters. The van der Waals surface area contributed by atoms with E-state index in [-0.39, 0.29) is 5.91 Å². The molecule has 0 saturated heterocycles. The molecule has 1 amide bonds. The average Bonchev–Trinajstić information content (AvgIpc) is 2.66. The molecule has 0 aromatic heterocycles. The van der Waals surface area contributed by atoms with E-state index in [9.17, 15) is 9.59 Å². The maximum absolute atomic E-state index is 12.9. The van der Waals surface area contributed by atoms with Crippen LogP contribution in [0, 0.1) is 0 Å². The fraction of sp³-hybridized carbons (Fsp3) is 0.500. The Labute approximate surface area is 113 Å². The third kappa shape index (κ3) is 1.71. The van der Waals surface area contributed by atoms with E-state index in [4.69, 9.17) is 0 Å². The van der Waals surface area contributed by atoms with Crippen LogP contribution in [0.2, 0.25) is 0 Å². The number of nitrogens with zero attached hydrogens (tertiary/aromatic N) is 1. The zero-order valence-electron chi connectivity index (χ0n) is 11.3. The van der Waals surface area contributed by atoms with Crippen molar-refractivity contribution in [2.24, 2.45) is 0 Å². The van der Waals surface area contributed by atoms with Crippen LogP contribution < -0.4 is 4.90 Å². The first-order chi connectivity index (χ1) is 9.19. The predicted octanol–water partition coefficient (Wildman–Crippen LogP) is 2.82. The third-order valence-electron chi connectivity index (χ3n) is 4.47. The molecule has 0 N–H and O–H groups in total. The highest BCUT2D eigenvalue weighted by Gasteiger charge is 2.51. The van der Waals surface area contributed by atoms with E-state index in [0.717, 1.165) is 24.2 Å². The summed E-state index contributed by atoms with van der Waals surface area (Å²) in [6.07, 6.45) is 3.40. The van der Waals surface area contributed by atoms with Crippen LogP contribution in [0.25, 0.3) is 0 Å². The molecule has 0 unspecified atom stereocenters. The zero-order valence-corrected chi connectivity index (χ0v) is 11.3. The van der Waals surface area contributed by atoms with Crippen molar-refractivity contribution >= 4 is 17.4 Å². The lowest BCUT2D eigenvalue weighted by molar-refractivity contribution is -0.127. The number of rotatable bonds is 2. The van der Waals surface area contributed by atoms with Crippen LogP contribution in [0.15, 0.2) is 24.3 Å². The van der Waals surface area contributed by atoms with Crippen LogP contribution in [-0.2, 0) is 15.0 Å². The number of carbonyl (C=O) groups is 2. The zero-order chi connectivity index (χ0) is 13.5. The van der Waals surface area contributed by atoms with Crippen molar-refractivity contribution in [2.75, 3.05) is 11.4 Å². The fourth-order valence-corrected chi connectivity index (χ4v) is 3.48. The van der Waals surface area contributed by atoms with E-state index in [0.29, 0.717) is 31.5 Å². The first kappa shape index (κ1) is 12.4. The molecule has 1 aliphatic heterocycles. The topological polar surface area (TPSA) is 37.4 Å². The van der Waals surface area contributed by atoms with Crippen molar-refractivity contribution in [1.82, 2.24) is 0 Å². The third-order valence-corrected chi connectivity index (χ3v) is 4.47. The lowest BCUT2D eigenvalue weighted by Crippen LogP contribution is -2.43. The van der Waals surface area contributed by atoms with Crippen LogP contribution in [0.4, 0.5) is 5.69 Å². The second-order valence-corrected chi connectivity index (χ2v) is 5.59. The number of para-hydroxylation sites is 1. The molecule has 2 aliphatic rings. The highest BCUT2D eigenvalue weighted by atomic mass is 16.2. The molecule has 1 heterocycles. The van der Waals surface area contributed by atoms with Crippen LogP contribution >= 0.6 is 0 Å². The number of anilines is 1. The number of carbonyl (C=O) groups excluding carboxylic acids is 2. The van der Waals surface area contributed by atoms with Gasteiger partial charge in [0.15, 0.2) is 0 Å². The maximum atomic E-state index is 12.9. The molecule has 3 nitrogen and oxygen atoms in total. The summed E-state index contributed by atoms with van der Waals surface area (Å²) in [6, 6.07) is 8.09. The summed E-state index contributed by atoms with van der Waals surface area (Å²) in [4.78, 5) is 26.3. The second kappa shape index (κ2) is 4.48. The van der Waals surface area contributed by atoms with E-state index in [1.54, 1.807) is 0 Å². The van der Waals surface area contributed by atoms with Crippen molar-refractivity contribution < 1.29 is 9.59 Å². The number of amides is 1. The van der Waals surface area contributed by atoms with Gasteiger partial charge in [-0.3, -0.25) is 9.59 Å². The first-order valence-electron chi connectivity index (χ1n) is 7.12. The van der Waals surface area contributed by atoms with E-state index >= 15 is 0 Å². The molecule has 1 saturated carbocycles. The Morgan fingerprint density at radius 1 is 1.16 bits per heavy atom. The summed E-state index contributed by atoms with van der Waals surface area (Å²) in [5, 5.41) is 0. The highest BCUT2D eigenvalue weighted by Crippen LogP contribution is 2.49. The smallest absolute Gasteiger partial charge is 0.237 e. The monoisotopic (exact) mass is 257 g/mol. The lowest BCUT2D eigenvalue weighted by atomic mass is 9.70. The minimum absolute atomic E-state index is 0.211. The minimum Gasteiger partial charge on any atom is -0.311 e. The summed E-state index contributed by atoms with van der Waals surface area (Å²) >= 11 is 0. The number of hydrogen-bond donors (Lipinski definition) is 0. The lowest BCUT2D eigenvalue weighted by Gasteiger charge is -2.31. The van der Waals surface area contributed by atoms with Crippen molar-refractivity contribution in [3.63, 3.8) is 0 Å². The summed E-state index contributed by atoms with van der Waals surface area (Å²) in [5.74, 6) is 0.507. The van der Waals surface area contributed by atoms with Gasteiger partial charge in [0, 0.05) is 25.1 Å². The predicted molar refractivity (Wildman–Crippen MR) is 74.2 cm³/mol. The summed E-state index contributed by atoms with van der Waals surface area (Å²) in [5.41, 5.74) is 1.78. The van der Waals surface area contributed by atoms with Crippen molar-refractivity contribution in [2.45, 2.75) is 44.4 Å². The number of hydrogen-bond acceptors (Lipinski definition) is 2. The van der Waals surface area contributed by atoms with Gasteiger partial charge in [0.2, 0.25) is 5.91 Å². The molecular weight excluding hydrogens is 238 g/mol. The molecule has 3 heteroatoms. The van der Waals surface area contributed by atoms with Gasteiger partial charge in [-0.25, -0.2) is 0 Å². The SMILES string of the molecule is CCCN1C(=O)C2(CCC(=O)CC2)c2ccccc21. The van der Waals surface area contributed by atoms with Crippen molar-refractivity contribution in [3.05, 3.63) is 29.8 Å². The molecule has 1 aliphatic carbocycles. The number of fused-ring (bicyclic) bond motifs is 2. The Kier molecular flexibility index (Phi) is 2.92. The Morgan fingerprint density at radius 3 is 2.53 bits per heavy atom. The van der Waals surface area contributed by atoms with E-state index in [2.05, 4.69) is 13.0 Å². The van der Waals surface area contributed by atoms with Gasteiger partial charge in [0.1, 0.15) is 5.78 Å². The van der Waals surface area contributed by atoms with Crippen LogP contribution in [0.1, 0.15) is 44.6 Å². The van der Waals surface area contributed by atoms with Gasteiger partial charge in [-0.05, 0) is 30.9 Å². The molecule has 1 aromatic rings. The van der Waals surface area contributed by atoms with Gasteiger partial charge in [-0.1, -0.05) is 25.1 Å². The molecule has 0 radical (unpaired) electrons. The van der Waals surface area contributed by atoms with Gasteiger partial charge in [0.05, 0.1) is 5.41 Å².